The lowest BCUT2D eigenvalue weighted by atomic mass is 9.89. The first-order valence-electron chi connectivity index (χ1n) is 11.1. The molecule has 0 saturated carbocycles. The Bertz CT molecular complexity index is 1020. The van der Waals surface area contributed by atoms with E-state index in [1.165, 1.54) is 18.5 Å². The first kappa shape index (κ1) is 22.7. The molecule has 3 atom stereocenters. The molecule has 174 valence electrons. The van der Waals surface area contributed by atoms with E-state index in [0.29, 0.717) is 19.8 Å². The van der Waals surface area contributed by atoms with Crippen LogP contribution in [0.2, 0.25) is 0 Å². The molecule has 9 nitrogen and oxygen atoms in total. The summed E-state index contributed by atoms with van der Waals surface area (Å²) in [6.45, 7) is 3.85. The average Bonchev–Trinajstić information content (AvgIpc) is 3.32. The van der Waals surface area contributed by atoms with Crippen molar-refractivity contribution in [3.05, 3.63) is 53.9 Å². The van der Waals surface area contributed by atoms with E-state index in [1.54, 1.807) is 4.90 Å². The number of pyridine rings is 1. The molecule has 2 aliphatic rings. The van der Waals surface area contributed by atoms with Gasteiger partial charge in [0.1, 0.15) is 11.9 Å². The third-order valence-electron chi connectivity index (χ3n) is 6.01. The van der Waals surface area contributed by atoms with Crippen LogP contribution in [0.3, 0.4) is 0 Å². The van der Waals surface area contributed by atoms with Crippen LogP contribution >= 0.6 is 0 Å². The van der Waals surface area contributed by atoms with Crippen LogP contribution < -0.4 is 15.8 Å². The molecule has 1 unspecified atom stereocenters. The maximum Gasteiger partial charge on any atom is 0.313 e. The number of anilines is 1. The molecule has 0 radical (unpaired) electrons. The molecule has 33 heavy (non-hydrogen) atoms. The monoisotopic (exact) mass is 452 g/mol. The molecule has 0 aliphatic carbocycles. The Hall–Kier alpha value is -3.46. The highest BCUT2D eigenvalue weighted by Crippen LogP contribution is 2.34. The van der Waals surface area contributed by atoms with Crippen molar-refractivity contribution in [2.75, 3.05) is 25.1 Å². The number of likely N-dealkylation sites (tertiary alicyclic amines) is 1. The van der Waals surface area contributed by atoms with Crippen LogP contribution in [-0.4, -0.2) is 53.5 Å². The Morgan fingerprint density at radius 2 is 1.94 bits per heavy atom. The molecule has 2 saturated heterocycles. The molecule has 4 rings (SSSR count). The minimum absolute atomic E-state index is 0.0655. The standard InChI is InChI=1S/C24H28N4O5/c1-15-2-7-21(16-3-5-19(6-4-16)33-20-8-9-32-14-20)28(13-15)24(31)23(30)27-18-10-17(22(25)29)11-26-12-18/h3-6,10-12,15,20-21H,2,7-9,13-14H2,1H3,(H2,25,29)(H,27,30)/t15-,20?,21+/m1/s1. The van der Waals surface area contributed by atoms with E-state index in [1.807, 2.05) is 24.3 Å². The Morgan fingerprint density at radius 1 is 1.15 bits per heavy atom. The average molecular weight is 453 g/mol. The van der Waals surface area contributed by atoms with Crippen LogP contribution in [0.15, 0.2) is 42.7 Å². The highest BCUT2D eigenvalue weighted by Gasteiger charge is 2.34. The fraction of sp³-hybridized carbons (Fsp3) is 0.417. The van der Waals surface area contributed by atoms with Gasteiger partial charge in [-0.25, -0.2) is 0 Å². The summed E-state index contributed by atoms with van der Waals surface area (Å²) in [4.78, 5) is 42.7. The number of nitrogens with zero attached hydrogens (tertiary/aromatic N) is 2. The lowest BCUT2D eigenvalue weighted by molar-refractivity contribution is -0.146. The minimum atomic E-state index is -0.779. The van der Waals surface area contributed by atoms with E-state index in [0.717, 1.165) is 30.6 Å². The minimum Gasteiger partial charge on any atom is -0.488 e. The number of hydrogen-bond donors (Lipinski definition) is 2. The molecule has 3 heterocycles. The van der Waals surface area contributed by atoms with Crippen molar-refractivity contribution in [2.24, 2.45) is 11.7 Å². The van der Waals surface area contributed by atoms with Crippen molar-refractivity contribution in [3.8, 4) is 5.75 Å². The van der Waals surface area contributed by atoms with Gasteiger partial charge < -0.3 is 25.4 Å². The fourth-order valence-corrected chi connectivity index (χ4v) is 4.25. The van der Waals surface area contributed by atoms with Crippen LogP contribution in [0.4, 0.5) is 5.69 Å². The summed E-state index contributed by atoms with van der Waals surface area (Å²) in [5.41, 5.74) is 6.61. The van der Waals surface area contributed by atoms with Gasteiger partial charge in [0.2, 0.25) is 5.91 Å². The molecule has 1 aromatic carbocycles. The summed E-state index contributed by atoms with van der Waals surface area (Å²) in [6.07, 6.45) is 5.32. The van der Waals surface area contributed by atoms with Gasteiger partial charge >= 0.3 is 11.8 Å². The van der Waals surface area contributed by atoms with E-state index < -0.39 is 17.7 Å². The Morgan fingerprint density at radius 3 is 2.64 bits per heavy atom. The van der Waals surface area contributed by atoms with Crippen LogP contribution in [0.25, 0.3) is 0 Å². The third-order valence-corrected chi connectivity index (χ3v) is 6.01. The summed E-state index contributed by atoms with van der Waals surface area (Å²) in [5, 5.41) is 2.54. The fourth-order valence-electron chi connectivity index (χ4n) is 4.25. The molecule has 9 heteroatoms. The van der Waals surface area contributed by atoms with Gasteiger partial charge in [-0.15, -0.1) is 0 Å². The van der Waals surface area contributed by atoms with E-state index in [4.69, 9.17) is 15.2 Å². The highest BCUT2D eigenvalue weighted by atomic mass is 16.5. The van der Waals surface area contributed by atoms with Gasteiger partial charge in [0.05, 0.1) is 36.7 Å². The molecule has 2 aliphatic heterocycles. The topological polar surface area (TPSA) is 124 Å². The number of nitrogens with two attached hydrogens (primary N) is 1. The molecule has 2 aromatic rings. The number of carbonyl (C=O) groups is 3. The van der Waals surface area contributed by atoms with Gasteiger partial charge in [0.15, 0.2) is 0 Å². The molecule has 3 amide bonds. The van der Waals surface area contributed by atoms with Crippen molar-refractivity contribution in [3.63, 3.8) is 0 Å². The normalized spacial score (nSPS) is 22.6. The van der Waals surface area contributed by atoms with Crippen LogP contribution in [0.5, 0.6) is 5.75 Å². The maximum atomic E-state index is 13.1. The number of ether oxygens (including phenoxy) is 2. The smallest absolute Gasteiger partial charge is 0.313 e. The predicted octanol–water partition coefficient (Wildman–Crippen LogP) is 2.29. The van der Waals surface area contributed by atoms with Gasteiger partial charge in [-0.05, 0) is 42.5 Å². The second-order valence-electron chi connectivity index (χ2n) is 8.61. The van der Waals surface area contributed by atoms with E-state index in [2.05, 4.69) is 17.2 Å². The number of hydrogen-bond acceptors (Lipinski definition) is 6. The SMILES string of the molecule is C[C@@H]1CC[C@@H](c2ccc(OC3CCOC3)cc2)N(C(=O)C(=O)Nc2cncc(C(N)=O)c2)C1. The lowest BCUT2D eigenvalue weighted by Gasteiger charge is -2.38. The number of nitrogens with one attached hydrogen (secondary N) is 1. The van der Waals surface area contributed by atoms with Crippen LogP contribution in [-0.2, 0) is 14.3 Å². The first-order valence-corrected chi connectivity index (χ1v) is 11.1. The van der Waals surface area contributed by atoms with Gasteiger partial charge in [0, 0.05) is 19.2 Å². The zero-order valence-corrected chi connectivity index (χ0v) is 18.5. The Kier molecular flexibility index (Phi) is 6.88. The number of benzene rings is 1. The quantitative estimate of drug-likeness (QED) is 0.671. The predicted molar refractivity (Wildman–Crippen MR) is 121 cm³/mol. The molecular formula is C24H28N4O5. The number of rotatable bonds is 5. The molecule has 1 aromatic heterocycles. The van der Waals surface area contributed by atoms with Crippen molar-refractivity contribution in [2.45, 2.75) is 38.3 Å². The van der Waals surface area contributed by atoms with Gasteiger partial charge in [-0.3, -0.25) is 19.4 Å². The maximum absolute atomic E-state index is 13.1. The summed E-state index contributed by atoms with van der Waals surface area (Å²) < 4.78 is 11.3. The molecule has 0 spiro atoms. The van der Waals surface area contributed by atoms with Gasteiger partial charge in [0.25, 0.3) is 0 Å². The lowest BCUT2D eigenvalue weighted by Crippen LogP contribution is -2.46. The summed E-state index contributed by atoms with van der Waals surface area (Å²) in [5.74, 6) is -1.03. The van der Waals surface area contributed by atoms with Crippen molar-refractivity contribution in [1.82, 2.24) is 9.88 Å². The molecule has 0 bridgehead atoms. The number of piperidine rings is 1. The number of amides is 3. The first-order chi connectivity index (χ1) is 15.9. The Labute approximate surface area is 192 Å². The van der Waals surface area contributed by atoms with Crippen molar-refractivity contribution >= 4 is 23.4 Å². The Balaban J connectivity index is 1.47. The summed E-state index contributed by atoms with van der Waals surface area (Å²) in [7, 11) is 0. The van der Waals surface area contributed by atoms with E-state index in [9.17, 15) is 14.4 Å². The number of primary amides is 1. The largest absolute Gasteiger partial charge is 0.488 e. The second-order valence-corrected chi connectivity index (χ2v) is 8.61. The van der Waals surface area contributed by atoms with Gasteiger partial charge in [-0.1, -0.05) is 19.1 Å². The number of aromatic nitrogens is 1. The van der Waals surface area contributed by atoms with Crippen LogP contribution in [0.1, 0.15) is 48.1 Å². The molecule has 2 fully saturated rings. The van der Waals surface area contributed by atoms with Crippen molar-refractivity contribution < 1.29 is 23.9 Å². The molecular weight excluding hydrogens is 424 g/mol. The zero-order chi connectivity index (χ0) is 23.4. The number of carbonyl (C=O) groups excluding carboxylic acids is 3. The van der Waals surface area contributed by atoms with Gasteiger partial charge in [-0.2, -0.15) is 0 Å². The van der Waals surface area contributed by atoms with E-state index >= 15 is 0 Å². The highest BCUT2D eigenvalue weighted by molar-refractivity contribution is 6.39. The van der Waals surface area contributed by atoms with Crippen LogP contribution in [0, 0.1) is 5.92 Å². The molecule has 3 N–H and O–H groups in total. The van der Waals surface area contributed by atoms with E-state index in [-0.39, 0.29) is 29.3 Å². The third kappa shape index (κ3) is 5.48. The summed E-state index contributed by atoms with van der Waals surface area (Å²) >= 11 is 0. The van der Waals surface area contributed by atoms with Crippen molar-refractivity contribution in [1.29, 1.82) is 0 Å². The summed E-state index contributed by atoms with van der Waals surface area (Å²) in [6, 6.07) is 8.88. The zero-order valence-electron chi connectivity index (χ0n) is 18.5. The second kappa shape index (κ2) is 9.99.